The highest BCUT2D eigenvalue weighted by Crippen LogP contribution is 2.44. The van der Waals surface area contributed by atoms with Gasteiger partial charge in [-0.3, -0.25) is 4.79 Å². The molecule has 0 saturated heterocycles. The summed E-state index contributed by atoms with van der Waals surface area (Å²) in [6.45, 7) is 4.96. The Bertz CT molecular complexity index is 244. The monoisotopic (exact) mass is 210 g/mol. The molecule has 15 heavy (non-hydrogen) atoms. The molecule has 3 nitrogen and oxygen atoms in total. The Morgan fingerprint density at radius 1 is 1.33 bits per heavy atom. The summed E-state index contributed by atoms with van der Waals surface area (Å²) in [5.41, 5.74) is 0.410. The van der Waals surface area contributed by atoms with Gasteiger partial charge in [-0.2, -0.15) is 0 Å². The Morgan fingerprint density at radius 3 is 2.47 bits per heavy atom. The number of hydrogen-bond acceptors (Lipinski definition) is 2. The highest BCUT2D eigenvalue weighted by Gasteiger charge is 2.45. The SMILES string of the molecule is CC1(C)CC1NCC(=O)NC1CCCC1. The van der Waals surface area contributed by atoms with Crippen molar-refractivity contribution in [1.82, 2.24) is 10.6 Å². The maximum atomic E-state index is 11.6. The van der Waals surface area contributed by atoms with Crippen LogP contribution in [0, 0.1) is 5.41 Å². The van der Waals surface area contributed by atoms with Gasteiger partial charge >= 0.3 is 0 Å². The van der Waals surface area contributed by atoms with Gasteiger partial charge in [0.1, 0.15) is 0 Å². The predicted octanol–water partition coefficient (Wildman–Crippen LogP) is 1.43. The van der Waals surface area contributed by atoms with E-state index in [0.717, 1.165) is 0 Å². The van der Waals surface area contributed by atoms with E-state index in [-0.39, 0.29) is 5.91 Å². The van der Waals surface area contributed by atoms with Crippen LogP contribution in [-0.4, -0.2) is 24.5 Å². The first-order chi connectivity index (χ1) is 7.08. The zero-order valence-corrected chi connectivity index (χ0v) is 9.81. The fourth-order valence-electron chi connectivity index (χ4n) is 2.38. The van der Waals surface area contributed by atoms with E-state index in [9.17, 15) is 4.79 Å². The molecule has 0 spiro atoms. The van der Waals surface area contributed by atoms with E-state index in [2.05, 4.69) is 24.5 Å². The van der Waals surface area contributed by atoms with Crippen LogP contribution in [0.2, 0.25) is 0 Å². The Hall–Kier alpha value is -0.570. The highest BCUT2D eigenvalue weighted by molar-refractivity contribution is 5.78. The van der Waals surface area contributed by atoms with Crippen LogP contribution in [0.3, 0.4) is 0 Å². The smallest absolute Gasteiger partial charge is 0.234 e. The van der Waals surface area contributed by atoms with Crippen molar-refractivity contribution >= 4 is 5.91 Å². The molecule has 2 aliphatic carbocycles. The Balaban J connectivity index is 1.61. The minimum Gasteiger partial charge on any atom is -0.352 e. The third-order valence-electron chi connectivity index (χ3n) is 3.74. The zero-order chi connectivity index (χ0) is 10.9. The van der Waals surface area contributed by atoms with Crippen LogP contribution in [0.15, 0.2) is 0 Å². The van der Waals surface area contributed by atoms with Gasteiger partial charge in [0.2, 0.25) is 5.91 Å². The molecule has 2 saturated carbocycles. The summed E-state index contributed by atoms with van der Waals surface area (Å²) in [5, 5.41) is 6.40. The van der Waals surface area contributed by atoms with Gasteiger partial charge in [-0.1, -0.05) is 26.7 Å². The first kappa shape index (κ1) is 10.9. The molecule has 1 unspecified atom stereocenters. The van der Waals surface area contributed by atoms with E-state index >= 15 is 0 Å². The number of carbonyl (C=O) groups is 1. The molecule has 2 fully saturated rings. The minimum atomic E-state index is 0.171. The summed E-state index contributed by atoms with van der Waals surface area (Å²) < 4.78 is 0. The van der Waals surface area contributed by atoms with Crippen molar-refractivity contribution in [2.75, 3.05) is 6.54 Å². The molecule has 1 amide bonds. The van der Waals surface area contributed by atoms with E-state index in [4.69, 9.17) is 0 Å². The lowest BCUT2D eigenvalue weighted by Gasteiger charge is -2.12. The lowest BCUT2D eigenvalue weighted by atomic mass is 10.2. The second kappa shape index (κ2) is 4.12. The molecule has 86 valence electrons. The van der Waals surface area contributed by atoms with Crippen molar-refractivity contribution in [3.05, 3.63) is 0 Å². The van der Waals surface area contributed by atoms with Gasteiger partial charge < -0.3 is 10.6 Å². The predicted molar refractivity (Wildman–Crippen MR) is 60.6 cm³/mol. The molecule has 0 aliphatic heterocycles. The van der Waals surface area contributed by atoms with Crippen molar-refractivity contribution in [3.8, 4) is 0 Å². The van der Waals surface area contributed by atoms with Crippen molar-refractivity contribution in [3.63, 3.8) is 0 Å². The van der Waals surface area contributed by atoms with Crippen molar-refractivity contribution in [2.24, 2.45) is 5.41 Å². The molecule has 0 heterocycles. The first-order valence-electron chi connectivity index (χ1n) is 6.11. The average molecular weight is 210 g/mol. The first-order valence-corrected chi connectivity index (χ1v) is 6.11. The number of hydrogen-bond donors (Lipinski definition) is 2. The molecule has 2 N–H and O–H groups in total. The molecule has 0 radical (unpaired) electrons. The molecule has 0 aromatic heterocycles. The summed E-state index contributed by atoms with van der Waals surface area (Å²) >= 11 is 0. The van der Waals surface area contributed by atoms with Gasteiger partial charge in [0, 0.05) is 12.1 Å². The molecular formula is C12H22N2O. The average Bonchev–Trinajstić information content (AvgIpc) is 2.62. The van der Waals surface area contributed by atoms with E-state index in [1.165, 1.54) is 32.1 Å². The highest BCUT2D eigenvalue weighted by atomic mass is 16.2. The van der Waals surface area contributed by atoms with Crippen LogP contribution in [0.5, 0.6) is 0 Å². The molecule has 2 aliphatic rings. The van der Waals surface area contributed by atoms with Crippen molar-refractivity contribution in [1.29, 1.82) is 0 Å². The fourth-order valence-corrected chi connectivity index (χ4v) is 2.38. The minimum absolute atomic E-state index is 0.171. The molecule has 0 aromatic rings. The molecule has 3 heteroatoms. The molecule has 0 bridgehead atoms. The molecule has 0 aromatic carbocycles. The molecule has 1 atom stereocenters. The summed E-state index contributed by atoms with van der Waals surface area (Å²) in [5.74, 6) is 0.171. The lowest BCUT2D eigenvalue weighted by Crippen LogP contribution is -2.40. The van der Waals surface area contributed by atoms with Gasteiger partial charge in [0.15, 0.2) is 0 Å². The van der Waals surface area contributed by atoms with Crippen molar-refractivity contribution in [2.45, 2.75) is 58.0 Å². The third-order valence-corrected chi connectivity index (χ3v) is 3.74. The van der Waals surface area contributed by atoms with E-state index in [1.54, 1.807) is 0 Å². The fraction of sp³-hybridized carbons (Fsp3) is 0.917. The van der Waals surface area contributed by atoms with Gasteiger partial charge in [-0.25, -0.2) is 0 Å². The van der Waals surface area contributed by atoms with Crippen molar-refractivity contribution < 1.29 is 4.79 Å². The van der Waals surface area contributed by atoms with Gasteiger partial charge in [-0.15, -0.1) is 0 Å². The quantitative estimate of drug-likeness (QED) is 0.737. The van der Waals surface area contributed by atoms with Crippen LogP contribution >= 0.6 is 0 Å². The summed E-state index contributed by atoms with van der Waals surface area (Å²) in [6, 6.07) is 0.998. The Morgan fingerprint density at radius 2 is 1.93 bits per heavy atom. The summed E-state index contributed by atoms with van der Waals surface area (Å²) in [6.07, 6.45) is 6.08. The summed E-state index contributed by atoms with van der Waals surface area (Å²) in [4.78, 5) is 11.6. The van der Waals surface area contributed by atoms with Crippen LogP contribution in [0.1, 0.15) is 46.0 Å². The lowest BCUT2D eigenvalue weighted by molar-refractivity contribution is -0.120. The number of rotatable bonds is 4. The normalized spacial score (nSPS) is 29.1. The maximum Gasteiger partial charge on any atom is 0.234 e. The number of carbonyl (C=O) groups excluding carboxylic acids is 1. The topological polar surface area (TPSA) is 41.1 Å². The standard InChI is InChI=1S/C12H22N2O/c1-12(2)7-10(12)13-8-11(15)14-9-5-3-4-6-9/h9-10,13H,3-8H2,1-2H3,(H,14,15). The second-order valence-electron chi connectivity index (χ2n) is 5.68. The van der Waals surface area contributed by atoms with Crippen LogP contribution in [0.25, 0.3) is 0 Å². The van der Waals surface area contributed by atoms with E-state index < -0.39 is 0 Å². The van der Waals surface area contributed by atoms with Gasteiger partial charge in [0.05, 0.1) is 6.54 Å². The van der Waals surface area contributed by atoms with Crippen LogP contribution in [0.4, 0.5) is 0 Å². The zero-order valence-electron chi connectivity index (χ0n) is 9.81. The molecule has 2 rings (SSSR count). The largest absolute Gasteiger partial charge is 0.352 e. The maximum absolute atomic E-state index is 11.6. The Kier molecular flexibility index (Phi) is 3.01. The van der Waals surface area contributed by atoms with Crippen LogP contribution in [-0.2, 0) is 4.79 Å². The van der Waals surface area contributed by atoms with Crippen LogP contribution < -0.4 is 10.6 Å². The van der Waals surface area contributed by atoms with Gasteiger partial charge in [0.25, 0.3) is 0 Å². The second-order valence-corrected chi connectivity index (χ2v) is 5.68. The van der Waals surface area contributed by atoms with E-state index in [1.807, 2.05) is 0 Å². The van der Waals surface area contributed by atoms with E-state index in [0.29, 0.717) is 24.0 Å². The Labute approximate surface area is 92.0 Å². The van der Waals surface area contributed by atoms with Gasteiger partial charge in [-0.05, 0) is 24.7 Å². The molecular weight excluding hydrogens is 188 g/mol. The third kappa shape index (κ3) is 2.94. The number of nitrogens with one attached hydrogen (secondary N) is 2. The number of amides is 1. The summed E-state index contributed by atoms with van der Waals surface area (Å²) in [7, 11) is 0.